The lowest BCUT2D eigenvalue weighted by molar-refractivity contribution is 1.24. The first-order chi connectivity index (χ1) is 12.9. The maximum atomic E-state index is 9.53. The number of aromatic nitrogens is 2. The van der Waals surface area contributed by atoms with Crippen LogP contribution in [0.4, 0.5) is 11.6 Å². The molecular formula is C22H20N4Si. The lowest BCUT2D eigenvalue weighted by Crippen LogP contribution is -2.16. The molecule has 27 heavy (non-hydrogen) atoms. The maximum absolute atomic E-state index is 9.53. The van der Waals surface area contributed by atoms with Crippen molar-refractivity contribution >= 4 is 19.7 Å². The fraction of sp³-hybridized carbons (Fsp3) is 0.136. The molecule has 0 fully saturated rings. The number of hydrogen-bond donors (Lipinski definition) is 1. The van der Waals surface area contributed by atoms with Crippen molar-refractivity contribution in [3.8, 4) is 28.7 Å². The van der Waals surface area contributed by atoms with E-state index in [-0.39, 0.29) is 0 Å². The van der Waals surface area contributed by atoms with Crippen molar-refractivity contribution in [1.82, 2.24) is 9.97 Å². The van der Waals surface area contributed by atoms with Gasteiger partial charge in [-0.05, 0) is 23.8 Å². The van der Waals surface area contributed by atoms with Gasteiger partial charge in [0.2, 0.25) is 0 Å². The third-order valence-electron chi connectivity index (χ3n) is 3.70. The van der Waals surface area contributed by atoms with Crippen LogP contribution in [0.25, 0.3) is 11.1 Å². The Bertz CT molecular complexity index is 1050. The standard InChI is InChI=1S/C22H20N4Si/c1-27(2,3)12-10-17-9-11-24-21(13-17)26-22-19(15-23)14-20(16-25-22)18-7-5-4-6-8-18/h4-9,11,13-14,16H,1-3H3,(H,24,25,26). The highest BCUT2D eigenvalue weighted by Gasteiger charge is 2.09. The van der Waals surface area contributed by atoms with Crippen LogP contribution in [-0.2, 0) is 0 Å². The number of nitriles is 1. The molecule has 0 radical (unpaired) electrons. The third kappa shape index (κ3) is 5.04. The predicted molar refractivity (Wildman–Crippen MR) is 112 cm³/mol. The van der Waals surface area contributed by atoms with E-state index in [1.165, 1.54) is 0 Å². The molecule has 132 valence electrons. The van der Waals surface area contributed by atoms with Crippen molar-refractivity contribution in [1.29, 1.82) is 5.26 Å². The van der Waals surface area contributed by atoms with Crippen LogP contribution in [0.2, 0.25) is 19.6 Å². The fourth-order valence-corrected chi connectivity index (χ4v) is 2.92. The van der Waals surface area contributed by atoms with Crippen molar-refractivity contribution in [2.45, 2.75) is 19.6 Å². The summed E-state index contributed by atoms with van der Waals surface area (Å²) in [7, 11) is -1.44. The summed E-state index contributed by atoms with van der Waals surface area (Å²) in [6.07, 6.45) is 3.47. The van der Waals surface area contributed by atoms with Gasteiger partial charge >= 0.3 is 0 Å². The lowest BCUT2D eigenvalue weighted by atomic mass is 10.1. The van der Waals surface area contributed by atoms with Crippen LogP contribution in [0, 0.1) is 22.8 Å². The molecule has 4 nitrogen and oxygen atoms in total. The zero-order valence-corrected chi connectivity index (χ0v) is 16.6. The lowest BCUT2D eigenvalue weighted by Gasteiger charge is -2.09. The normalized spacial score (nSPS) is 10.4. The highest BCUT2D eigenvalue weighted by atomic mass is 28.3. The molecule has 0 aliphatic carbocycles. The Morgan fingerprint density at radius 3 is 2.44 bits per heavy atom. The van der Waals surface area contributed by atoms with Crippen molar-refractivity contribution < 1.29 is 0 Å². The number of anilines is 2. The molecule has 3 rings (SSSR count). The molecule has 2 aromatic heterocycles. The summed E-state index contributed by atoms with van der Waals surface area (Å²) >= 11 is 0. The molecule has 2 heterocycles. The molecule has 0 aliphatic heterocycles. The van der Waals surface area contributed by atoms with Crippen LogP contribution in [-0.4, -0.2) is 18.0 Å². The van der Waals surface area contributed by atoms with Gasteiger partial charge < -0.3 is 5.32 Å². The molecule has 1 aromatic carbocycles. The van der Waals surface area contributed by atoms with Gasteiger partial charge in [-0.25, -0.2) is 9.97 Å². The molecule has 0 atom stereocenters. The molecule has 0 amide bonds. The van der Waals surface area contributed by atoms with Crippen LogP contribution >= 0.6 is 0 Å². The van der Waals surface area contributed by atoms with Gasteiger partial charge in [0, 0.05) is 23.5 Å². The van der Waals surface area contributed by atoms with E-state index >= 15 is 0 Å². The van der Waals surface area contributed by atoms with Crippen molar-refractivity contribution in [2.75, 3.05) is 5.32 Å². The summed E-state index contributed by atoms with van der Waals surface area (Å²) in [5.41, 5.74) is 6.64. The summed E-state index contributed by atoms with van der Waals surface area (Å²) in [5, 5.41) is 12.7. The Morgan fingerprint density at radius 1 is 0.963 bits per heavy atom. The predicted octanol–water partition coefficient (Wildman–Crippen LogP) is 4.99. The van der Waals surface area contributed by atoms with E-state index < -0.39 is 8.07 Å². The molecule has 0 spiro atoms. The Hall–Kier alpha value is -3.41. The van der Waals surface area contributed by atoms with E-state index in [9.17, 15) is 5.26 Å². The summed E-state index contributed by atoms with van der Waals surface area (Å²) in [5.74, 6) is 4.32. The Kier molecular flexibility index (Phi) is 5.35. The van der Waals surface area contributed by atoms with Gasteiger partial charge in [-0.3, -0.25) is 0 Å². The quantitative estimate of drug-likeness (QED) is 0.523. The Morgan fingerprint density at radius 2 is 1.74 bits per heavy atom. The molecule has 0 saturated heterocycles. The molecule has 0 unspecified atom stereocenters. The number of benzene rings is 1. The Labute approximate surface area is 160 Å². The summed E-state index contributed by atoms with van der Waals surface area (Å²) in [6, 6.07) is 17.7. The zero-order valence-electron chi connectivity index (χ0n) is 15.6. The van der Waals surface area contributed by atoms with Crippen LogP contribution in [0.5, 0.6) is 0 Å². The molecule has 3 aromatic rings. The van der Waals surface area contributed by atoms with Crippen molar-refractivity contribution in [3.63, 3.8) is 0 Å². The van der Waals surface area contributed by atoms with Gasteiger partial charge in [0.25, 0.3) is 0 Å². The SMILES string of the molecule is C[Si](C)(C)C#Cc1ccnc(Nc2ncc(-c3ccccc3)cc2C#N)c1. The number of nitrogens with zero attached hydrogens (tertiary/aromatic N) is 3. The molecular weight excluding hydrogens is 348 g/mol. The highest BCUT2D eigenvalue weighted by molar-refractivity contribution is 6.83. The molecule has 0 saturated carbocycles. The minimum atomic E-state index is -1.44. The van der Waals surface area contributed by atoms with Gasteiger partial charge in [-0.1, -0.05) is 55.9 Å². The highest BCUT2D eigenvalue weighted by Crippen LogP contribution is 2.24. The number of nitrogens with one attached hydrogen (secondary N) is 1. The van der Waals surface area contributed by atoms with Gasteiger partial charge in [-0.2, -0.15) is 5.26 Å². The monoisotopic (exact) mass is 368 g/mol. The number of pyridine rings is 2. The first-order valence-corrected chi connectivity index (χ1v) is 12.2. The Balaban J connectivity index is 1.88. The average molecular weight is 369 g/mol. The van der Waals surface area contributed by atoms with Crippen molar-refractivity contribution in [2.24, 2.45) is 0 Å². The topological polar surface area (TPSA) is 61.6 Å². The first kappa shape index (κ1) is 18.4. The maximum Gasteiger partial charge on any atom is 0.149 e. The smallest absolute Gasteiger partial charge is 0.149 e. The van der Waals surface area contributed by atoms with E-state index in [1.807, 2.05) is 48.5 Å². The second-order valence-corrected chi connectivity index (χ2v) is 11.9. The summed E-state index contributed by atoms with van der Waals surface area (Å²) in [6.45, 7) is 6.62. The van der Waals surface area contributed by atoms with Crippen LogP contribution < -0.4 is 5.32 Å². The van der Waals surface area contributed by atoms with Crippen LogP contribution in [0.3, 0.4) is 0 Å². The summed E-state index contributed by atoms with van der Waals surface area (Å²) < 4.78 is 0. The van der Waals surface area contributed by atoms with Gasteiger partial charge in [0.05, 0.1) is 5.56 Å². The van der Waals surface area contributed by atoms with Crippen LogP contribution in [0.15, 0.2) is 60.9 Å². The molecule has 0 bridgehead atoms. The van der Waals surface area contributed by atoms with E-state index in [2.05, 4.69) is 52.5 Å². The average Bonchev–Trinajstić information content (AvgIpc) is 2.67. The fourth-order valence-electron chi connectivity index (χ4n) is 2.40. The second-order valence-electron chi connectivity index (χ2n) is 7.15. The van der Waals surface area contributed by atoms with E-state index in [0.717, 1.165) is 16.7 Å². The van der Waals surface area contributed by atoms with E-state index in [1.54, 1.807) is 12.4 Å². The van der Waals surface area contributed by atoms with E-state index in [0.29, 0.717) is 17.2 Å². The largest absolute Gasteiger partial charge is 0.324 e. The number of hydrogen-bond acceptors (Lipinski definition) is 4. The molecule has 1 N–H and O–H groups in total. The van der Waals surface area contributed by atoms with Crippen LogP contribution in [0.1, 0.15) is 11.1 Å². The van der Waals surface area contributed by atoms with Gasteiger partial charge in [-0.15, -0.1) is 5.54 Å². The van der Waals surface area contributed by atoms with Crippen molar-refractivity contribution in [3.05, 3.63) is 72.1 Å². The molecule has 5 heteroatoms. The first-order valence-electron chi connectivity index (χ1n) is 8.66. The number of rotatable bonds is 3. The van der Waals surface area contributed by atoms with E-state index in [4.69, 9.17) is 0 Å². The minimum Gasteiger partial charge on any atom is -0.324 e. The summed E-state index contributed by atoms with van der Waals surface area (Å²) in [4.78, 5) is 8.75. The third-order valence-corrected chi connectivity index (χ3v) is 4.58. The molecule has 0 aliphatic rings. The zero-order chi connectivity index (χ0) is 19.3. The van der Waals surface area contributed by atoms with Gasteiger partial charge in [0.1, 0.15) is 25.8 Å². The van der Waals surface area contributed by atoms with Gasteiger partial charge in [0.15, 0.2) is 0 Å². The second kappa shape index (κ2) is 7.86. The minimum absolute atomic E-state index is 0.469.